The molecule has 0 heterocycles. The summed E-state index contributed by atoms with van der Waals surface area (Å²) in [6.07, 6.45) is 2.69. The molecule has 0 spiro atoms. The van der Waals surface area contributed by atoms with Crippen molar-refractivity contribution in [3.8, 4) is 0 Å². The van der Waals surface area contributed by atoms with Gasteiger partial charge in [0.1, 0.15) is 0 Å². The largest absolute Gasteiger partial charge is 0.378 e. The van der Waals surface area contributed by atoms with Gasteiger partial charge in [0.2, 0.25) is 5.91 Å². The van der Waals surface area contributed by atoms with Crippen molar-refractivity contribution in [3.05, 3.63) is 0 Å². The highest BCUT2D eigenvalue weighted by Crippen LogP contribution is 2.42. The van der Waals surface area contributed by atoms with E-state index < -0.39 is 0 Å². The minimum absolute atomic E-state index is 0.0378. The van der Waals surface area contributed by atoms with E-state index in [1.54, 1.807) is 0 Å². The zero-order valence-corrected chi connectivity index (χ0v) is 12.2. The van der Waals surface area contributed by atoms with Crippen LogP contribution in [0.5, 0.6) is 0 Å². The van der Waals surface area contributed by atoms with Crippen LogP contribution in [0.15, 0.2) is 0 Å². The van der Waals surface area contributed by atoms with Crippen molar-refractivity contribution in [1.82, 2.24) is 5.32 Å². The van der Waals surface area contributed by atoms with Crippen molar-refractivity contribution < 1.29 is 9.53 Å². The lowest BCUT2D eigenvalue weighted by Gasteiger charge is -2.51. The van der Waals surface area contributed by atoms with E-state index in [-0.39, 0.29) is 23.5 Å². The molecule has 4 heteroatoms. The first-order valence-corrected chi connectivity index (χ1v) is 7.06. The quantitative estimate of drug-likeness (QED) is 0.728. The topological polar surface area (TPSA) is 64.3 Å². The second-order valence-corrected chi connectivity index (χ2v) is 5.84. The highest BCUT2D eigenvalue weighted by atomic mass is 16.5. The Hall–Kier alpha value is -0.610. The number of nitrogens with one attached hydrogen (secondary N) is 1. The maximum Gasteiger partial charge on any atom is 0.220 e. The summed E-state index contributed by atoms with van der Waals surface area (Å²) >= 11 is 0. The lowest BCUT2D eigenvalue weighted by molar-refractivity contribution is -0.137. The van der Waals surface area contributed by atoms with E-state index in [2.05, 4.69) is 26.1 Å². The van der Waals surface area contributed by atoms with Crippen LogP contribution in [0.3, 0.4) is 0 Å². The highest BCUT2D eigenvalue weighted by molar-refractivity contribution is 5.76. The second-order valence-electron chi connectivity index (χ2n) is 5.84. The lowest BCUT2D eigenvalue weighted by atomic mass is 9.64. The summed E-state index contributed by atoms with van der Waals surface area (Å²) in [5.74, 6) is 0.427. The van der Waals surface area contributed by atoms with Crippen LogP contribution >= 0.6 is 0 Å². The summed E-state index contributed by atoms with van der Waals surface area (Å²) in [6, 6.07) is 0.233. The van der Waals surface area contributed by atoms with Crippen LogP contribution < -0.4 is 11.1 Å². The van der Waals surface area contributed by atoms with Gasteiger partial charge in [-0.05, 0) is 25.8 Å². The Morgan fingerprint density at radius 2 is 2.17 bits per heavy atom. The van der Waals surface area contributed by atoms with Gasteiger partial charge in [-0.3, -0.25) is 4.79 Å². The maximum atomic E-state index is 11.9. The third-order valence-corrected chi connectivity index (χ3v) is 4.27. The average Bonchev–Trinajstić information content (AvgIpc) is 2.34. The van der Waals surface area contributed by atoms with Gasteiger partial charge in [-0.15, -0.1) is 0 Å². The summed E-state index contributed by atoms with van der Waals surface area (Å²) in [5.41, 5.74) is 5.66. The first kappa shape index (κ1) is 15.4. The molecule has 0 aromatic rings. The standard InChI is InChI=1S/C14H28N2O2/c1-5-10(9-15)7-13(17)16-11-8-12(18-6-2)14(11,3)4/h10-12H,5-9,15H2,1-4H3,(H,16,17). The molecule has 3 unspecified atom stereocenters. The van der Waals surface area contributed by atoms with E-state index in [0.29, 0.717) is 18.9 Å². The summed E-state index contributed by atoms with van der Waals surface area (Å²) in [6.45, 7) is 9.71. The Kier molecular flexibility index (Phi) is 5.60. The number of carbonyl (C=O) groups is 1. The van der Waals surface area contributed by atoms with Crippen LogP contribution in [0.2, 0.25) is 0 Å². The molecule has 3 atom stereocenters. The normalized spacial score (nSPS) is 27.4. The fourth-order valence-corrected chi connectivity index (χ4v) is 2.52. The van der Waals surface area contributed by atoms with Gasteiger partial charge < -0.3 is 15.8 Å². The van der Waals surface area contributed by atoms with Crippen molar-refractivity contribution in [2.75, 3.05) is 13.2 Å². The summed E-state index contributed by atoms with van der Waals surface area (Å²) in [7, 11) is 0. The van der Waals surface area contributed by atoms with Gasteiger partial charge in [-0.25, -0.2) is 0 Å². The maximum absolute atomic E-state index is 11.9. The predicted octanol–water partition coefficient (Wildman–Crippen LogP) is 1.68. The third kappa shape index (κ3) is 3.45. The Labute approximate surface area is 111 Å². The molecular formula is C14H28N2O2. The molecule has 1 amide bonds. The Morgan fingerprint density at radius 3 is 2.61 bits per heavy atom. The summed E-state index contributed by atoms with van der Waals surface area (Å²) in [4.78, 5) is 11.9. The van der Waals surface area contributed by atoms with E-state index in [1.165, 1.54) is 0 Å². The van der Waals surface area contributed by atoms with Crippen LogP contribution in [0.25, 0.3) is 0 Å². The Balaban J connectivity index is 2.38. The van der Waals surface area contributed by atoms with E-state index in [9.17, 15) is 4.79 Å². The van der Waals surface area contributed by atoms with Crippen molar-refractivity contribution >= 4 is 5.91 Å². The van der Waals surface area contributed by atoms with Crippen molar-refractivity contribution in [3.63, 3.8) is 0 Å². The molecule has 0 aromatic carbocycles. The predicted molar refractivity (Wildman–Crippen MR) is 73.2 cm³/mol. The number of hydrogen-bond donors (Lipinski definition) is 2. The first-order chi connectivity index (χ1) is 8.45. The second kappa shape index (κ2) is 6.53. The summed E-state index contributed by atoms with van der Waals surface area (Å²) in [5, 5.41) is 3.12. The fraction of sp³-hybridized carbons (Fsp3) is 0.929. The van der Waals surface area contributed by atoms with Crippen molar-refractivity contribution in [1.29, 1.82) is 0 Å². The fourth-order valence-electron chi connectivity index (χ4n) is 2.52. The molecule has 4 nitrogen and oxygen atoms in total. The molecule has 1 fully saturated rings. The van der Waals surface area contributed by atoms with Gasteiger partial charge in [0, 0.05) is 24.5 Å². The van der Waals surface area contributed by atoms with E-state index in [4.69, 9.17) is 10.5 Å². The van der Waals surface area contributed by atoms with Crippen LogP contribution in [0.1, 0.15) is 47.0 Å². The highest BCUT2D eigenvalue weighted by Gasteiger charge is 2.49. The van der Waals surface area contributed by atoms with Gasteiger partial charge in [-0.2, -0.15) is 0 Å². The van der Waals surface area contributed by atoms with Crippen molar-refractivity contribution in [2.24, 2.45) is 17.1 Å². The minimum atomic E-state index is 0.0378. The van der Waals surface area contributed by atoms with Crippen LogP contribution in [0, 0.1) is 11.3 Å². The molecule has 0 bridgehead atoms. The minimum Gasteiger partial charge on any atom is -0.378 e. The van der Waals surface area contributed by atoms with Crippen molar-refractivity contribution in [2.45, 2.75) is 59.1 Å². The number of amides is 1. The van der Waals surface area contributed by atoms with E-state index in [1.807, 2.05) is 6.92 Å². The zero-order chi connectivity index (χ0) is 13.8. The molecule has 1 aliphatic rings. The molecule has 3 N–H and O–H groups in total. The monoisotopic (exact) mass is 256 g/mol. The first-order valence-electron chi connectivity index (χ1n) is 7.06. The molecule has 1 aliphatic carbocycles. The smallest absolute Gasteiger partial charge is 0.220 e. The molecule has 0 radical (unpaired) electrons. The van der Waals surface area contributed by atoms with E-state index in [0.717, 1.165) is 19.4 Å². The summed E-state index contributed by atoms with van der Waals surface area (Å²) < 4.78 is 5.66. The third-order valence-electron chi connectivity index (χ3n) is 4.27. The lowest BCUT2D eigenvalue weighted by Crippen LogP contribution is -2.62. The molecule has 106 valence electrons. The molecule has 1 saturated carbocycles. The molecule has 0 aromatic heterocycles. The molecular weight excluding hydrogens is 228 g/mol. The van der Waals surface area contributed by atoms with E-state index >= 15 is 0 Å². The SMILES string of the molecule is CCOC1CC(NC(=O)CC(CC)CN)C1(C)C. The number of nitrogens with two attached hydrogens (primary N) is 1. The van der Waals surface area contributed by atoms with Gasteiger partial charge in [0.05, 0.1) is 6.10 Å². The Morgan fingerprint density at radius 1 is 1.50 bits per heavy atom. The molecule has 0 saturated heterocycles. The average molecular weight is 256 g/mol. The Bertz CT molecular complexity index is 275. The zero-order valence-electron chi connectivity index (χ0n) is 12.2. The van der Waals surface area contributed by atoms with Gasteiger partial charge >= 0.3 is 0 Å². The number of ether oxygens (including phenoxy) is 1. The number of rotatable bonds is 7. The van der Waals surface area contributed by atoms with Gasteiger partial charge in [0.15, 0.2) is 0 Å². The molecule has 1 rings (SSSR count). The van der Waals surface area contributed by atoms with Gasteiger partial charge in [-0.1, -0.05) is 27.2 Å². The number of carbonyl (C=O) groups excluding carboxylic acids is 1. The van der Waals surface area contributed by atoms with Crippen LogP contribution in [-0.4, -0.2) is 31.2 Å². The van der Waals surface area contributed by atoms with Crippen LogP contribution in [-0.2, 0) is 9.53 Å². The molecule has 18 heavy (non-hydrogen) atoms. The number of hydrogen-bond acceptors (Lipinski definition) is 3. The van der Waals surface area contributed by atoms with Crippen LogP contribution in [0.4, 0.5) is 0 Å². The van der Waals surface area contributed by atoms with Gasteiger partial charge in [0.25, 0.3) is 0 Å². The molecule has 0 aliphatic heterocycles.